The Morgan fingerprint density at radius 1 is 0.800 bits per heavy atom. The summed E-state index contributed by atoms with van der Waals surface area (Å²) in [7, 11) is -10.2. The van der Waals surface area contributed by atoms with E-state index in [0.29, 0.717) is 0 Å². The van der Waals surface area contributed by atoms with E-state index in [4.69, 9.17) is 9.11 Å². The highest BCUT2D eigenvalue weighted by molar-refractivity contribution is 7.94. The van der Waals surface area contributed by atoms with Gasteiger partial charge >= 0.3 is 20.8 Å². The lowest BCUT2D eigenvalue weighted by Gasteiger charge is -1.89. The summed E-state index contributed by atoms with van der Waals surface area (Å²) in [5.41, 5.74) is 0. The molecule has 0 aliphatic carbocycles. The van der Waals surface area contributed by atoms with Crippen molar-refractivity contribution in [3.05, 3.63) is 24.8 Å². The molecule has 0 saturated heterocycles. The number of aromatic nitrogens is 2. The van der Waals surface area contributed by atoms with Gasteiger partial charge in [-0.2, -0.15) is 16.8 Å². The zero-order chi connectivity index (χ0) is 11.9. The van der Waals surface area contributed by atoms with Gasteiger partial charge < -0.3 is 0 Å². The molecule has 0 amide bonds. The molecule has 0 saturated carbocycles. The summed E-state index contributed by atoms with van der Waals surface area (Å²) < 4.78 is 55.6. The number of rotatable bonds is 2. The fraction of sp³-hybridized carbons (Fsp3) is 0. The Balaban J connectivity index is 0.000000280. The van der Waals surface area contributed by atoms with Gasteiger partial charge in [0.15, 0.2) is 0 Å². The number of hydrogen-bond donors (Lipinski definition) is 2. The van der Waals surface area contributed by atoms with Crippen molar-refractivity contribution in [3.8, 4) is 0 Å². The van der Waals surface area contributed by atoms with Crippen LogP contribution < -0.4 is 0 Å². The Labute approximate surface area is 85.7 Å². The van der Waals surface area contributed by atoms with E-state index in [1.807, 2.05) is 0 Å². The highest BCUT2D eigenvalue weighted by Crippen LogP contribution is 1.91. The molecular weight excluding hydrogens is 252 g/mol. The largest absolute Gasteiger partial charge is 0.413 e. The van der Waals surface area contributed by atoms with Crippen molar-refractivity contribution in [3.63, 3.8) is 0 Å². The molecule has 0 bridgehead atoms. The molecule has 0 aliphatic rings. The molecule has 0 aliphatic heterocycles. The topological polar surface area (TPSA) is 144 Å². The van der Waals surface area contributed by atoms with Crippen LogP contribution in [0.1, 0.15) is 0 Å². The standard InChI is InChI=1S/C4H4N2.H2O7S2/c1-2-6-4-3-5-1;1-8(2,3)7-9(4,5)6/h1-4H;(H,1,2,3)(H,4,5,6). The van der Waals surface area contributed by atoms with E-state index in [1.54, 1.807) is 24.8 Å². The summed E-state index contributed by atoms with van der Waals surface area (Å²) >= 11 is 0. The molecule has 15 heavy (non-hydrogen) atoms. The minimum atomic E-state index is -5.12. The average molecular weight is 258 g/mol. The van der Waals surface area contributed by atoms with Crippen molar-refractivity contribution in [1.29, 1.82) is 0 Å². The first kappa shape index (κ1) is 13.9. The maximum Gasteiger partial charge on any atom is 0.413 e. The molecule has 11 heteroatoms. The van der Waals surface area contributed by atoms with Crippen LogP contribution in [0.2, 0.25) is 0 Å². The van der Waals surface area contributed by atoms with Gasteiger partial charge in [-0.3, -0.25) is 19.1 Å². The van der Waals surface area contributed by atoms with E-state index >= 15 is 0 Å². The predicted molar refractivity (Wildman–Crippen MR) is 46.2 cm³/mol. The molecule has 1 aromatic rings. The number of hydrogen-bond acceptors (Lipinski definition) is 7. The summed E-state index contributed by atoms with van der Waals surface area (Å²) in [4.78, 5) is 7.44. The van der Waals surface area contributed by atoms with Crippen LogP contribution in [-0.2, 0) is 24.4 Å². The Kier molecular flexibility index (Phi) is 5.24. The zero-order valence-corrected chi connectivity index (χ0v) is 8.59. The van der Waals surface area contributed by atoms with E-state index in [-0.39, 0.29) is 0 Å². The Morgan fingerprint density at radius 2 is 1.07 bits per heavy atom. The third-order valence-electron chi connectivity index (χ3n) is 0.650. The summed E-state index contributed by atoms with van der Waals surface area (Å²) in [6, 6.07) is 0. The van der Waals surface area contributed by atoms with Crippen molar-refractivity contribution >= 4 is 20.8 Å². The van der Waals surface area contributed by atoms with Crippen LogP contribution in [-0.4, -0.2) is 35.9 Å². The minimum Gasteiger partial charge on any atom is -0.263 e. The van der Waals surface area contributed by atoms with Gasteiger partial charge in [0.25, 0.3) is 0 Å². The lowest BCUT2D eigenvalue weighted by atomic mass is 10.8. The molecule has 0 fully saturated rings. The third-order valence-corrected chi connectivity index (χ3v) is 2.03. The van der Waals surface area contributed by atoms with Crippen molar-refractivity contribution in [1.82, 2.24) is 9.97 Å². The van der Waals surface area contributed by atoms with Gasteiger partial charge in [0.2, 0.25) is 0 Å². The smallest absolute Gasteiger partial charge is 0.263 e. The fourth-order valence-electron chi connectivity index (χ4n) is 0.362. The monoisotopic (exact) mass is 258 g/mol. The second-order valence-corrected chi connectivity index (χ2v) is 4.07. The van der Waals surface area contributed by atoms with Crippen LogP contribution in [0.3, 0.4) is 0 Å². The normalized spacial score (nSPS) is 11.3. The molecule has 0 atom stereocenters. The van der Waals surface area contributed by atoms with Crippen LogP contribution in [0.5, 0.6) is 0 Å². The molecule has 1 heterocycles. The summed E-state index contributed by atoms with van der Waals surface area (Å²) in [6.07, 6.45) is 6.56. The quantitative estimate of drug-likeness (QED) is 0.643. The molecule has 1 aromatic heterocycles. The fourth-order valence-corrected chi connectivity index (χ4v) is 1.23. The first-order chi connectivity index (χ1) is 6.71. The van der Waals surface area contributed by atoms with Gasteiger partial charge in [-0.25, -0.2) is 0 Å². The second kappa shape index (κ2) is 5.67. The molecule has 0 aromatic carbocycles. The third kappa shape index (κ3) is 12.9. The summed E-state index contributed by atoms with van der Waals surface area (Å²) in [6.45, 7) is 0. The molecule has 86 valence electrons. The van der Waals surface area contributed by atoms with Crippen molar-refractivity contribution in [2.75, 3.05) is 0 Å². The maximum absolute atomic E-state index is 9.44. The van der Waals surface area contributed by atoms with E-state index in [1.165, 1.54) is 0 Å². The lowest BCUT2D eigenvalue weighted by Crippen LogP contribution is -2.10. The molecule has 9 nitrogen and oxygen atoms in total. The Morgan fingerprint density at radius 3 is 1.13 bits per heavy atom. The first-order valence-electron chi connectivity index (χ1n) is 3.06. The molecule has 0 unspecified atom stereocenters. The molecule has 0 radical (unpaired) electrons. The van der Waals surface area contributed by atoms with Gasteiger partial charge in [0, 0.05) is 24.8 Å². The van der Waals surface area contributed by atoms with E-state index < -0.39 is 20.8 Å². The first-order valence-corrected chi connectivity index (χ1v) is 5.79. The van der Waals surface area contributed by atoms with Crippen molar-refractivity contribution in [2.45, 2.75) is 0 Å². The van der Waals surface area contributed by atoms with Crippen molar-refractivity contribution in [2.24, 2.45) is 0 Å². The molecule has 0 spiro atoms. The molecule has 2 N–H and O–H groups in total. The van der Waals surface area contributed by atoms with Crippen LogP contribution in [0.15, 0.2) is 24.8 Å². The van der Waals surface area contributed by atoms with Gasteiger partial charge in [-0.15, -0.1) is 3.63 Å². The minimum absolute atomic E-state index is 1.64. The van der Waals surface area contributed by atoms with Crippen LogP contribution >= 0.6 is 0 Å². The zero-order valence-electron chi connectivity index (χ0n) is 6.96. The Hall–Kier alpha value is -1.14. The van der Waals surface area contributed by atoms with Crippen molar-refractivity contribution < 1.29 is 29.6 Å². The highest BCUT2D eigenvalue weighted by atomic mass is 32.3. The van der Waals surface area contributed by atoms with E-state index in [9.17, 15) is 16.8 Å². The molecule has 1 rings (SSSR count). The average Bonchev–Trinajstić information content (AvgIpc) is 2.01. The van der Waals surface area contributed by atoms with Crippen LogP contribution in [0.4, 0.5) is 0 Å². The van der Waals surface area contributed by atoms with Gasteiger partial charge in [-0.1, -0.05) is 0 Å². The Bertz CT molecular complexity index is 410. The van der Waals surface area contributed by atoms with E-state index in [0.717, 1.165) is 0 Å². The van der Waals surface area contributed by atoms with Crippen LogP contribution in [0.25, 0.3) is 0 Å². The van der Waals surface area contributed by atoms with Gasteiger partial charge in [0.1, 0.15) is 0 Å². The number of nitrogens with zero attached hydrogens (tertiary/aromatic N) is 2. The summed E-state index contributed by atoms with van der Waals surface area (Å²) in [5.74, 6) is 0. The lowest BCUT2D eigenvalue weighted by molar-refractivity contribution is 0.344. The van der Waals surface area contributed by atoms with Crippen LogP contribution in [0, 0.1) is 0 Å². The van der Waals surface area contributed by atoms with Gasteiger partial charge in [-0.05, 0) is 0 Å². The van der Waals surface area contributed by atoms with E-state index in [2.05, 4.69) is 13.6 Å². The predicted octanol–water partition coefficient (Wildman–Crippen LogP) is -0.915. The highest BCUT2D eigenvalue weighted by Gasteiger charge is 2.15. The van der Waals surface area contributed by atoms with Gasteiger partial charge in [0.05, 0.1) is 0 Å². The second-order valence-electron chi connectivity index (χ2n) is 1.82. The SMILES string of the molecule is O=S(=O)(O)OS(=O)(=O)O.c1cnccn1. The summed E-state index contributed by atoms with van der Waals surface area (Å²) in [5, 5.41) is 0. The maximum atomic E-state index is 9.44. The molecular formula is C4H6N2O7S2.